The topological polar surface area (TPSA) is 172 Å². The highest BCUT2D eigenvalue weighted by atomic mass is 16.6. The summed E-state index contributed by atoms with van der Waals surface area (Å²) < 4.78 is 10.5. The number of fused-ring (bicyclic) bond motifs is 3. The predicted molar refractivity (Wildman–Crippen MR) is 156 cm³/mol. The zero-order valence-corrected chi connectivity index (χ0v) is 24.7. The molecule has 43 heavy (non-hydrogen) atoms. The number of hydrogen-bond donors (Lipinski definition) is 4. The van der Waals surface area contributed by atoms with Crippen LogP contribution in [0.15, 0.2) is 48.5 Å². The summed E-state index contributed by atoms with van der Waals surface area (Å²) in [6.45, 7) is 4.24. The van der Waals surface area contributed by atoms with Gasteiger partial charge in [0.05, 0.1) is 13.2 Å². The van der Waals surface area contributed by atoms with Crippen LogP contribution in [0.4, 0.5) is 9.59 Å². The molecule has 0 radical (unpaired) electrons. The fourth-order valence-corrected chi connectivity index (χ4v) is 4.31. The molecule has 1 aliphatic rings. The standard InChI is InChI=1S/C30H37N5O8/c1-19(36)13-31-26(38)16-35(18-34-25(37)14-32-29(41)43-30(2,3)4)27(39)15-33-28(40)42-17-24-22-11-7-5-9-20(22)21-10-6-8-12-23(21)24/h5-12,24H,13-18H2,1-4H3,(H,31,38)(H,32,41)(H,33,40)(H,34,37). The van der Waals surface area contributed by atoms with Crippen molar-refractivity contribution < 1.29 is 38.2 Å². The summed E-state index contributed by atoms with van der Waals surface area (Å²) in [6, 6.07) is 15.7. The third kappa shape index (κ3) is 10.1. The number of carbonyl (C=O) groups is 6. The number of benzene rings is 2. The van der Waals surface area contributed by atoms with Crippen LogP contribution in [0.25, 0.3) is 11.1 Å². The molecule has 2 aromatic rings. The lowest BCUT2D eigenvalue weighted by Crippen LogP contribution is -2.51. The first-order valence-electron chi connectivity index (χ1n) is 13.7. The van der Waals surface area contributed by atoms with Crippen LogP contribution in [0.2, 0.25) is 0 Å². The Labute approximate surface area is 249 Å². The number of nitrogens with zero attached hydrogens (tertiary/aromatic N) is 1. The predicted octanol–water partition coefficient (Wildman–Crippen LogP) is 1.66. The van der Waals surface area contributed by atoms with Gasteiger partial charge in [-0.25, -0.2) is 9.59 Å². The van der Waals surface area contributed by atoms with E-state index < -0.39 is 61.8 Å². The lowest BCUT2D eigenvalue weighted by atomic mass is 9.98. The smallest absolute Gasteiger partial charge is 0.408 e. The number of ether oxygens (including phenoxy) is 2. The monoisotopic (exact) mass is 595 g/mol. The molecule has 0 aromatic heterocycles. The van der Waals surface area contributed by atoms with Crippen molar-refractivity contribution in [1.29, 1.82) is 0 Å². The Morgan fingerprint density at radius 1 is 0.744 bits per heavy atom. The maximum absolute atomic E-state index is 12.9. The third-order valence-electron chi connectivity index (χ3n) is 6.21. The van der Waals surface area contributed by atoms with Crippen molar-refractivity contribution in [2.45, 2.75) is 39.2 Å². The highest BCUT2D eigenvalue weighted by Gasteiger charge is 2.29. The van der Waals surface area contributed by atoms with Crippen LogP contribution in [0, 0.1) is 0 Å². The summed E-state index contributed by atoms with van der Waals surface area (Å²) in [5.74, 6) is -2.46. The number of ketones is 1. The second-order valence-corrected chi connectivity index (χ2v) is 10.9. The molecule has 0 bridgehead atoms. The van der Waals surface area contributed by atoms with Gasteiger partial charge in [-0.3, -0.25) is 19.2 Å². The zero-order chi connectivity index (χ0) is 31.6. The number of nitrogens with one attached hydrogen (secondary N) is 4. The van der Waals surface area contributed by atoms with Gasteiger partial charge in [-0.15, -0.1) is 0 Å². The fourth-order valence-electron chi connectivity index (χ4n) is 4.31. The van der Waals surface area contributed by atoms with Crippen LogP contribution in [0.5, 0.6) is 0 Å². The van der Waals surface area contributed by atoms with E-state index in [0.717, 1.165) is 27.2 Å². The Bertz CT molecular complexity index is 1320. The minimum absolute atomic E-state index is 0.0475. The summed E-state index contributed by atoms with van der Waals surface area (Å²) in [5.41, 5.74) is 3.46. The van der Waals surface area contributed by atoms with Crippen LogP contribution < -0.4 is 21.3 Å². The molecular weight excluding hydrogens is 558 g/mol. The molecule has 0 saturated heterocycles. The Hall–Kier alpha value is -4.94. The quantitative estimate of drug-likeness (QED) is 0.268. The number of hydrogen-bond acceptors (Lipinski definition) is 8. The van der Waals surface area contributed by atoms with E-state index >= 15 is 0 Å². The van der Waals surface area contributed by atoms with Gasteiger partial charge in [0.15, 0.2) is 0 Å². The highest BCUT2D eigenvalue weighted by Crippen LogP contribution is 2.44. The van der Waals surface area contributed by atoms with Gasteiger partial charge in [0.1, 0.15) is 37.6 Å². The lowest BCUT2D eigenvalue weighted by Gasteiger charge is -2.23. The molecule has 4 N–H and O–H groups in total. The Morgan fingerprint density at radius 2 is 1.33 bits per heavy atom. The van der Waals surface area contributed by atoms with Crippen LogP contribution in [-0.2, 0) is 28.7 Å². The van der Waals surface area contributed by atoms with Crippen molar-refractivity contribution in [3.63, 3.8) is 0 Å². The SMILES string of the molecule is CC(=O)CNC(=O)CN(CNC(=O)CNC(=O)OC(C)(C)C)C(=O)CNC(=O)OCC1c2ccccc2-c2ccccc21. The molecule has 3 rings (SSSR count). The van der Waals surface area contributed by atoms with Gasteiger partial charge in [-0.05, 0) is 49.9 Å². The summed E-state index contributed by atoms with van der Waals surface area (Å²) in [6.07, 6.45) is -1.63. The molecule has 0 atom stereocenters. The van der Waals surface area contributed by atoms with Crippen molar-refractivity contribution in [2.24, 2.45) is 0 Å². The average Bonchev–Trinajstić information content (AvgIpc) is 3.27. The molecule has 0 spiro atoms. The maximum atomic E-state index is 12.9. The minimum atomic E-state index is -0.832. The van der Waals surface area contributed by atoms with Crippen molar-refractivity contribution >= 4 is 35.7 Å². The van der Waals surface area contributed by atoms with Crippen LogP contribution in [-0.4, -0.2) is 85.6 Å². The third-order valence-corrected chi connectivity index (χ3v) is 6.21. The fraction of sp³-hybridized carbons (Fsp3) is 0.400. The summed E-state index contributed by atoms with van der Waals surface area (Å²) in [5, 5.41) is 9.47. The Morgan fingerprint density at radius 3 is 1.91 bits per heavy atom. The van der Waals surface area contributed by atoms with Gasteiger partial charge in [-0.2, -0.15) is 0 Å². The summed E-state index contributed by atoms with van der Waals surface area (Å²) >= 11 is 0. The normalized spacial score (nSPS) is 11.8. The Kier molecular flexibility index (Phi) is 11.2. The van der Waals surface area contributed by atoms with E-state index in [2.05, 4.69) is 21.3 Å². The number of amides is 5. The van der Waals surface area contributed by atoms with Gasteiger partial charge in [0.2, 0.25) is 17.7 Å². The van der Waals surface area contributed by atoms with Gasteiger partial charge < -0.3 is 35.6 Å². The number of carbonyl (C=O) groups excluding carboxylic acids is 6. The van der Waals surface area contributed by atoms with E-state index in [1.54, 1.807) is 20.8 Å². The first-order chi connectivity index (χ1) is 20.3. The second-order valence-electron chi connectivity index (χ2n) is 10.9. The summed E-state index contributed by atoms with van der Waals surface area (Å²) in [4.78, 5) is 73.9. The Balaban J connectivity index is 1.53. The largest absolute Gasteiger partial charge is 0.449 e. The van der Waals surface area contributed by atoms with E-state index in [1.807, 2.05) is 48.5 Å². The number of rotatable bonds is 12. The first kappa shape index (κ1) is 32.6. The molecule has 230 valence electrons. The molecule has 13 nitrogen and oxygen atoms in total. The molecule has 0 unspecified atom stereocenters. The molecule has 2 aromatic carbocycles. The summed E-state index contributed by atoms with van der Waals surface area (Å²) in [7, 11) is 0. The van der Waals surface area contributed by atoms with E-state index in [0.29, 0.717) is 0 Å². The maximum Gasteiger partial charge on any atom is 0.408 e. The van der Waals surface area contributed by atoms with E-state index in [9.17, 15) is 28.8 Å². The van der Waals surface area contributed by atoms with Gasteiger partial charge in [-0.1, -0.05) is 48.5 Å². The average molecular weight is 596 g/mol. The van der Waals surface area contributed by atoms with Crippen molar-refractivity contribution in [2.75, 3.05) is 39.5 Å². The van der Waals surface area contributed by atoms with Gasteiger partial charge in [0, 0.05) is 5.92 Å². The lowest BCUT2D eigenvalue weighted by molar-refractivity contribution is -0.136. The molecule has 0 fully saturated rings. The molecule has 1 aliphatic carbocycles. The van der Waals surface area contributed by atoms with Gasteiger partial charge >= 0.3 is 12.2 Å². The highest BCUT2D eigenvalue weighted by molar-refractivity contribution is 5.90. The molecule has 5 amide bonds. The van der Waals surface area contributed by atoms with Crippen LogP contribution in [0.1, 0.15) is 44.7 Å². The zero-order valence-electron chi connectivity index (χ0n) is 24.7. The van der Waals surface area contributed by atoms with Gasteiger partial charge in [0.25, 0.3) is 0 Å². The van der Waals surface area contributed by atoms with E-state index in [4.69, 9.17) is 9.47 Å². The second kappa shape index (κ2) is 14.8. The van der Waals surface area contributed by atoms with Crippen molar-refractivity contribution in [1.82, 2.24) is 26.2 Å². The van der Waals surface area contributed by atoms with Crippen molar-refractivity contribution in [3.05, 3.63) is 59.7 Å². The first-order valence-corrected chi connectivity index (χ1v) is 13.7. The van der Waals surface area contributed by atoms with E-state index in [1.165, 1.54) is 6.92 Å². The number of alkyl carbamates (subject to hydrolysis) is 2. The molecule has 0 heterocycles. The van der Waals surface area contributed by atoms with E-state index in [-0.39, 0.29) is 24.9 Å². The minimum Gasteiger partial charge on any atom is -0.449 e. The molecular formula is C30H37N5O8. The van der Waals surface area contributed by atoms with Crippen molar-refractivity contribution in [3.8, 4) is 11.1 Å². The van der Waals surface area contributed by atoms with Crippen LogP contribution >= 0.6 is 0 Å². The number of Topliss-reactive ketones (excluding diaryl/α,β-unsaturated/α-hetero) is 1. The van der Waals surface area contributed by atoms with Crippen LogP contribution in [0.3, 0.4) is 0 Å². The molecule has 13 heteroatoms. The molecule has 0 saturated carbocycles. The molecule has 0 aliphatic heterocycles.